The number of unbranched alkanes of at least 4 members (excludes halogenated alkanes) is 14. The summed E-state index contributed by atoms with van der Waals surface area (Å²) in [7, 11) is 0. The lowest BCUT2D eigenvalue weighted by molar-refractivity contribution is -0.109. The molecule has 0 rings (SSSR count). The zero-order valence-corrected chi connectivity index (χ0v) is 15.7. The van der Waals surface area contributed by atoms with E-state index in [9.17, 15) is 9.59 Å². The van der Waals surface area contributed by atoms with Crippen LogP contribution in [0.5, 0.6) is 0 Å². The molecule has 0 aliphatic heterocycles. The Bertz CT molecular complexity index is 241. The first-order valence-electron chi connectivity index (χ1n) is 8.89. The van der Waals surface area contributed by atoms with Crippen LogP contribution in [0.15, 0.2) is 0 Å². The molecule has 2 nitrogen and oxygen atoms in total. The smallest absolute Gasteiger partial charge is 0.192 e. The lowest BCUT2D eigenvalue weighted by atomic mass is 10.0. The molecular formula is C18H33IO2. The molecule has 0 heterocycles. The quantitative estimate of drug-likeness (QED) is 0.121. The summed E-state index contributed by atoms with van der Waals surface area (Å²) in [6, 6.07) is 0. The zero-order valence-electron chi connectivity index (χ0n) is 13.6. The van der Waals surface area contributed by atoms with Crippen LogP contribution in [-0.4, -0.2) is 10.1 Å². The van der Waals surface area contributed by atoms with E-state index in [2.05, 4.69) is 0 Å². The first-order valence-corrected chi connectivity index (χ1v) is 9.97. The Labute approximate surface area is 145 Å². The Balaban J connectivity index is 2.96. The number of carbonyl (C=O) groups excluding carboxylic acids is 2. The van der Waals surface area contributed by atoms with Gasteiger partial charge in [-0.1, -0.05) is 77.0 Å². The third-order valence-electron chi connectivity index (χ3n) is 3.95. The lowest BCUT2D eigenvalue weighted by Gasteiger charge is -2.03. The Kier molecular flexibility index (Phi) is 18.2. The highest BCUT2D eigenvalue weighted by molar-refractivity contribution is 14.1. The van der Waals surface area contributed by atoms with Crippen LogP contribution in [0.3, 0.4) is 0 Å². The fourth-order valence-corrected chi connectivity index (χ4v) is 2.99. The van der Waals surface area contributed by atoms with Crippen molar-refractivity contribution in [3.63, 3.8) is 0 Å². The first kappa shape index (κ1) is 21.1. The van der Waals surface area contributed by atoms with Gasteiger partial charge in [-0.15, -0.1) is 0 Å². The van der Waals surface area contributed by atoms with E-state index in [4.69, 9.17) is 0 Å². The average Bonchev–Trinajstić information content (AvgIpc) is 2.46. The molecule has 21 heavy (non-hydrogen) atoms. The van der Waals surface area contributed by atoms with E-state index >= 15 is 0 Å². The molecule has 3 heteroatoms. The fraction of sp³-hybridized carbons (Fsp3) is 0.889. The first-order chi connectivity index (χ1) is 10.3. The monoisotopic (exact) mass is 408 g/mol. The Hall–Kier alpha value is 0.0700. The van der Waals surface area contributed by atoms with Crippen molar-refractivity contribution < 1.29 is 9.59 Å². The summed E-state index contributed by atoms with van der Waals surface area (Å²) in [4.78, 5) is 20.9. The predicted octanol–water partition coefficient (Wildman–Crippen LogP) is 6.39. The largest absolute Gasteiger partial charge is 0.303 e. The summed E-state index contributed by atoms with van der Waals surface area (Å²) in [5, 5.41) is 0. The highest BCUT2D eigenvalue weighted by Crippen LogP contribution is 2.13. The fourth-order valence-electron chi connectivity index (χ4n) is 2.61. The van der Waals surface area contributed by atoms with Crippen LogP contribution in [0.4, 0.5) is 0 Å². The summed E-state index contributed by atoms with van der Waals surface area (Å²) in [6.45, 7) is 0. The highest BCUT2D eigenvalue weighted by atomic mass is 127. The van der Waals surface area contributed by atoms with E-state index in [0.717, 1.165) is 32.0 Å². The molecule has 0 saturated carbocycles. The Morgan fingerprint density at radius 1 is 0.619 bits per heavy atom. The molecule has 124 valence electrons. The van der Waals surface area contributed by atoms with Gasteiger partial charge in [0.15, 0.2) is 3.79 Å². The number of hydrogen-bond acceptors (Lipinski definition) is 2. The van der Waals surface area contributed by atoms with Crippen molar-refractivity contribution in [1.29, 1.82) is 0 Å². The number of halogens is 1. The second-order valence-electron chi connectivity index (χ2n) is 6.01. The standard InChI is InChI=1S/C18H33IO2/c19-18(21)16-14-12-10-8-6-4-2-1-3-5-7-9-11-13-15-17-20/h17H,1-16H2. The van der Waals surface area contributed by atoms with E-state index in [0.29, 0.717) is 3.79 Å². The second kappa shape index (κ2) is 18.1. The van der Waals surface area contributed by atoms with Crippen molar-refractivity contribution >= 4 is 32.7 Å². The topological polar surface area (TPSA) is 34.1 Å². The minimum absolute atomic E-state index is 0.302. The molecule has 0 amide bonds. The van der Waals surface area contributed by atoms with Crippen LogP contribution in [0.25, 0.3) is 0 Å². The maximum Gasteiger partial charge on any atom is 0.192 e. The summed E-state index contributed by atoms with van der Waals surface area (Å²) in [5.41, 5.74) is 0. The lowest BCUT2D eigenvalue weighted by Crippen LogP contribution is -1.86. The average molecular weight is 408 g/mol. The van der Waals surface area contributed by atoms with E-state index in [1.54, 1.807) is 0 Å². The van der Waals surface area contributed by atoms with Crippen molar-refractivity contribution in [3.05, 3.63) is 0 Å². The maximum atomic E-state index is 10.8. The van der Waals surface area contributed by atoms with Crippen LogP contribution >= 0.6 is 22.6 Å². The van der Waals surface area contributed by atoms with Gasteiger partial charge in [0.2, 0.25) is 0 Å². The van der Waals surface area contributed by atoms with Crippen molar-refractivity contribution in [1.82, 2.24) is 0 Å². The number of hydrogen-bond donors (Lipinski definition) is 0. The molecule has 0 fully saturated rings. The van der Waals surface area contributed by atoms with Gasteiger partial charge >= 0.3 is 0 Å². The predicted molar refractivity (Wildman–Crippen MR) is 99.0 cm³/mol. The molecule has 0 aromatic rings. The molecule has 0 unspecified atom stereocenters. The minimum Gasteiger partial charge on any atom is -0.303 e. The van der Waals surface area contributed by atoms with Crippen LogP contribution in [0.2, 0.25) is 0 Å². The van der Waals surface area contributed by atoms with Gasteiger partial charge in [0, 0.05) is 12.8 Å². The Morgan fingerprint density at radius 3 is 1.29 bits per heavy atom. The van der Waals surface area contributed by atoms with Crippen LogP contribution in [-0.2, 0) is 9.59 Å². The maximum absolute atomic E-state index is 10.8. The van der Waals surface area contributed by atoms with Crippen molar-refractivity contribution in [2.45, 2.75) is 103 Å². The summed E-state index contributed by atoms with van der Waals surface area (Å²) in [6.07, 6.45) is 20.7. The minimum atomic E-state index is 0.302. The van der Waals surface area contributed by atoms with Crippen molar-refractivity contribution in [2.24, 2.45) is 0 Å². The summed E-state index contributed by atoms with van der Waals surface area (Å²) < 4.78 is 0.302. The molecule has 0 atom stereocenters. The highest BCUT2D eigenvalue weighted by Gasteiger charge is 1.96. The number of rotatable bonds is 17. The molecule has 0 aromatic carbocycles. The second-order valence-corrected chi connectivity index (χ2v) is 7.21. The number of aldehydes is 1. The van der Waals surface area contributed by atoms with Crippen LogP contribution in [0, 0.1) is 0 Å². The van der Waals surface area contributed by atoms with Gasteiger partial charge in [-0.3, -0.25) is 4.79 Å². The van der Waals surface area contributed by atoms with Gasteiger partial charge in [0.1, 0.15) is 6.29 Å². The zero-order chi connectivity index (χ0) is 15.6. The van der Waals surface area contributed by atoms with Gasteiger partial charge in [0.25, 0.3) is 0 Å². The number of carbonyl (C=O) groups is 2. The van der Waals surface area contributed by atoms with Gasteiger partial charge in [-0.25, -0.2) is 0 Å². The molecule has 0 bridgehead atoms. The molecular weight excluding hydrogens is 375 g/mol. The summed E-state index contributed by atoms with van der Waals surface area (Å²) in [5.74, 6) is 0. The van der Waals surface area contributed by atoms with Gasteiger partial charge < -0.3 is 4.79 Å². The van der Waals surface area contributed by atoms with Crippen molar-refractivity contribution in [2.75, 3.05) is 0 Å². The van der Waals surface area contributed by atoms with Gasteiger partial charge in [-0.05, 0) is 35.4 Å². The third-order valence-corrected chi connectivity index (χ3v) is 4.48. The Morgan fingerprint density at radius 2 is 0.952 bits per heavy atom. The van der Waals surface area contributed by atoms with Crippen LogP contribution in [0.1, 0.15) is 103 Å². The molecule has 0 aliphatic carbocycles. The molecule has 0 radical (unpaired) electrons. The van der Waals surface area contributed by atoms with Crippen LogP contribution < -0.4 is 0 Å². The van der Waals surface area contributed by atoms with E-state index in [1.807, 2.05) is 22.6 Å². The molecule has 0 aliphatic rings. The van der Waals surface area contributed by atoms with Gasteiger partial charge in [-0.2, -0.15) is 0 Å². The normalized spacial score (nSPS) is 10.7. The van der Waals surface area contributed by atoms with E-state index in [-0.39, 0.29) is 0 Å². The van der Waals surface area contributed by atoms with E-state index in [1.165, 1.54) is 77.0 Å². The summed E-state index contributed by atoms with van der Waals surface area (Å²) >= 11 is 1.89. The SMILES string of the molecule is O=CCCCCCCCCCCCCCCCCC(=O)I. The molecule has 0 N–H and O–H groups in total. The van der Waals surface area contributed by atoms with Gasteiger partial charge in [0.05, 0.1) is 0 Å². The van der Waals surface area contributed by atoms with E-state index < -0.39 is 0 Å². The molecule has 0 aromatic heterocycles. The molecule has 0 spiro atoms. The van der Waals surface area contributed by atoms with Crippen molar-refractivity contribution in [3.8, 4) is 0 Å². The third kappa shape index (κ3) is 20.1. The molecule has 0 saturated heterocycles.